The van der Waals surface area contributed by atoms with E-state index in [4.69, 9.17) is 31.0 Å². The van der Waals surface area contributed by atoms with Crippen molar-refractivity contribution in [2.45, 2.75) is 37.5 Å². The molecule has 242 valence electrons. The topological polar surface area (TPSA) is 56.7 Å². The molecule has 1 spiro atoms. The van der Waals surface area contributed by atoms with Crippen LogP contribution in [0.25, 0.3) is 94.5 Å². The van der Waals surface area contributed by atoms with E-state index in [0.717, 1.165) is 45.9 Å². The number of nitrogens with zero attached hydrogens (tertiary/aromatic N) is 4. The molecule has 0 radical (unpaired) electrons. The third-order valence-electron chi connectivity index (χ3n) is 11.9. The lowest BCUT2D eigenvalue weighted by Crippen LogP contribution is -2.28. The number of para-hydroxylation sites is 3. The summed E-state index contributed by atoms with van der Waals surface area (Å²) >= 11 is 6.82. The highest BCUT2D eigenvalue weighted by molar-refractivity contribution is 6.28. The number of furan rings is 1. The van der Waals surface area contributed by atoms with E-state index in [9.17, 15) is 0 Å². The summed E-state index contributed by atoms with van der Waals surface area (Å²) in [5, 5.41) is 4.78. The molecule has 6 aromatic carbocycles. The van der Waals surface area contributed by atoms with Gasteiger partial charge in [-0.2, -0.15) is 9.97 Å². The van der Waals surface area contributed by atoms with E-state index in [1.54, 1.807) is 0 Å². The molecule has 3 aliphatic rings. The molecule has 1 saturated carbocycles. The largest absolute Gasteiger partial charge is 0.456 e. The van der Waals surface area contributed by atoms with Crippen LogP contribution >= 0.6 is 11.6 Å². The van der Waals surface area contributed by atoms with Crippen LogP contribution in [0.2, 0.25) is 5.28 Å². The summed E-state index contributed by atoms with van der Waals surface area (Å²) in [6, 6.07) is 41.4. The normalized spacial score (nSPS) is 15.3. The molecule has 0 atom stereocenters. The third-order valence-corrected chi connectivity index (χ3v) is 12.1. The monoisotopic (exact) mass is 676 g/mol. The second-order valence-electron chi connectivity index (χ2n) is 14.4. The Kier molecular flexibility index (Phi) is 5.45. The molecular formula is C45H29ClN4O. The van der Waals surface area contributed by atoms with Crippen LogP contribution in [-0.4, -0.2) is 19.5 Å². The van der Waals surface area contributed by atoms with E-state index in [1.165, 1.54) is 80.1 Å². The van der Waals surface area contributed by atoms with Gasteiger partial charge in [-0.15, -0.1) is 0 Å². The first-order chi connectivity index (χ1) is 25.2. The van der Waals surface area contributed by atoms with Gasteiger partial charge in [0.2, 0.25) is 5.28 Å². The fraction of sp³-hybridized carbons (Fsp3) is 0.133. The maximum absolute atomic E-state index is 6.82. The van der Waals surface area contributed by atoms with E-state index in [0.29, 0.717) is 11.6 Å². The Hall–Kier alpha value is -5.78. The van der Waals surface area contributed by atoms with Crippen LogP contribution in [0, 0.1) is 0 Å². The van der Waals surface area contributed by atoms with Gasteiger partial charge in [-0.1, -0.05) is 98.1 Å². The second-order valence-corrected chi connectivity index (χ2v) is 14.7. The predicted octanol–water partition coefficient (Wildman–Crippen LogP) is 12.1. The first kappa shape index (κ1) is 28.0. The fourth-order valence-electron chi connectivity index (χ4n) is 9.89. The zero-order valence-electron chi connectivity index (χ0n) is 27.6. The molecule has 6 heteroatoms. The van der Waals surface area contributed by atoms with Gasteiger partial charge in [-0.3, -0.25) is 0 Å². The molecule has 0 saturated heterocycles. The molecule has 5 nitrogen and oxygen atoms in total. The average molecular weight is 677 g/mol. The summed E-state index contributed by atoms with van der Waals surface area (Å²) in [5.41, 5.74) is 15.2. The Bertz CT molecular complexity index is 2980. The molecule has 0 N–H and O–H groups in total. The van der Waals surface area contributed by atoms with Gasteiger partial charge in [0, 0.05) is 49.2 Å². The lowest BCUT2D eigenvalue weighted by atomic mass is 9.67. The SMILES string of the molecule is Clc1nc(-c2cc3c4c(c2)C2(CCCCC2)c2ccc5c6ccccc6n(c5c2-4)-c2ccccc2-3)nc(-c2cccc3oc4ccccc4c23)n1. The molecule has 0 amide bonds. The number of benzene rings is 6. The van der Waals surface area contributed by atoms with Gasteiger partial charge in [0.1, 0.15) is 11.2 Å². The van der Waals surface area contributed by atoms with Crippen molar-refractivity contribution in [3.05, 3.63) is 132 Å². The van der Waals surface area contributed by atoms with E-state index < -0.39 is 0 Å². The number of hydrogen-bond donors (Lipinski definition) is 0. The van der Waals surface area contributed by atoms with Crippen molar-refractivity contribution in [2.75, 3.05) is 0 Å². The molecule has 1 aliphatic heterocycles. The molecule has 0 unspecified atom stereocenters. The maximum atomic E-state index is 6.82. The smallest absolute Gasteiger partial charge is 0.226 e. The Labute approximate surface area is 298 Å². The molecule has 2 aliphatic carbocycles. The predicted molar refractivity (Wildman–Crippen MR) is 206 cm³/mol. The summed E-state index contributed by atoms with van der Waals surface area (Å²) in [5.74, 6) is 1.11. The molecule has 4 heterocycles. The molecule has 0 bridgehead atoms. The van der Waals surface area contributed by atoms with Crippen molar-refractivity contribution in [3.8, 4) is 50.7 Å². The van der Waals surface area contributed by atoms with E-state index >= 15 is 0 Å². The van der Waals surface area contributed by atoms with Crippen LogP contribution in [0.4, 0.5) is 0 Å². The second kappa shape index (κ2) is 9.93. The maximum Gasteiger partial charge on any atom is 0.226 e. The van der Waals surface area contributed by atoms with Crippen molar-refractivity contribution in [3.63, 3.8) is 0 Å². The molecular weight excluding hydrogens is 648 g/mol. The van der Waals surface area contributed by atoms with Gasteiger partial charge >= 0.3 is 0 Å². The first-order valence-electron chi connectivity index (χ1n) is 17.9. The van der Waals surface area contributed by atoms with E-state index in [-0.39, 0.29) is 10.7 Å². The lowest BCUT2D eigenvalue weighted by Gasteiger charge is -2.36. The zero-order valence-corrected chi connectivity index (χ0v) is 28.3. The lowest BCUT2D eigenvalue weighted by molar-refractivity contribution is 0.353. The summed E-state index contributed by atoms with van der Waals surface area (Å²) in [6.45, 7) is 0. The van der Waals surface area contributed by atoms with Gasteiger partial charge in [0.05, 0.1) is 16.7 Å². The summed E-state index contributed by atoms with van der Waals surface area (Å²) in [6.07, 6.45) is 5.94. The Morgan fingerprint density at radius 3 is 2.27 bits per heavy atom. The molecule has 9 aromatic rings. The molecule has 1 fully saturated rings. The highest BCUT2D eigenvalue weighted by Gasteiger charge is 2.47. The Morgan fingerprint density at radius 1 is 0.588 bits per heavy atom. The quantitative estimate of drug-likeness (QED) is 0.183. The Balaban J connectivity index is 1.17. The third kappa shape index (κ3) is 3.59. The van der Waals surface area contributed by atoms with E-state index in [2.05, 4.69) is 83.4 Å². The summed E-state index contributed by atoms with van der Waals surface area (Å²) < 4.78 is 8.75. The van der Waals surface area contributed by atoms with Gasteiger partial charge < -0.3 is 8.98 Å². The number of rotatable bonds is 2. The zero-order chi connectivity index (χ0) is 33.4. The standard InChI is InChI=1S/C45H29ClN4O/c46-44-48-42(47-43(49-44)30-14-10-18-37-38(30)29-13-4-7-17-36(29)51-37)25-23-31-27-12-3-6-16-35(27)50-34-15-5-2-11-26(34)28-19-20-32-40(41(28)50)39(31)33(24-25)45(32)21-8-1-9-22-45/h2-7,10-20,23-24H,1,8-9,21-22H2. The van der Waals surface area contributed by atoms with Crippen molar-refractivity contribution in [1.29, 1.82) is 0 Å². The van der Waals surface area contributed by atoms with Crippen molar-refractivity contribution in [2.24, 2.45) is 0 Å². The minimum absolute atomic E-state index is 0.0730. The number of halogens is 1. The van der Waals surface area contributed by atoms with Crippen LogP contribution in [0.3, 0.4) is 0 Å². The number of hydrogen-bond acceptors (Lipinski definition) is 4. The first-order valence-corrected chi connectivity index (χ1v) is 18.2. The van der Waals surface area contributed by atoms with Crippen molar-refractivity contribution in [1.82, 2.24) is 19.5 Å². The minimum atomic E-state index is -0.0730. The molecule has 51 heavy (non-hydrogen) atoms. The summed E-state index contributed by atoms with van der Waals surface area (Å²) in [4.78, 5) is 14.7. The number of fused-ring (bicyclic) bond motifs is 11. The summed E-state index contributed by atoms with van der Waals surface area (Å²) in [7, 11) is 0. The van der Waals surface area contributed by atoms with Crippen LogP contribution in [0.1, 0.15) is 43.2 Å². The highest BCUT2D eigenvalue weighted by Crippen LogP contribution is 2.62. The van der Waals surface area contributed by atoms with Gasteiger partial charge in [-0.05, 0) is 83.1 Å². The average Bonchev–Trinajstić information content (AvgIpc) is 3.78. The highest BCUT2D eigenvalue weighted by atomic mass is 35.5. The number of aromatic nitrogens is 4. The van der Waals surface area contributed by atoms with Crippen LogP contribution in [-0.2, 0) is 5.41 Å². The van der Waals surface area contributed by atoms with Crippen molar-refractivity contribution >= 4 is 55.3 Å². The van der Waals surface area contributed by atoms with Gasteiger partial charge in [0.25, 0.3) is 0 Å². The minimum Gasteiger partial charge on any atom is -0.456 e. The van der Waals surface area contributed by atoms with Crippen LogP contribution < -0.4 is 0 Å². The van der Waals surface area contributed by atoms with E-state index in [1.807, 2.05) is 36.4 Å². The van der Waals surface area contributed by atoms with Crippen LogP contribution in [0.5, 0.6) is 0 Å². The fourth-order valence-corrected chi connectivity index (χ4v) is 10.0. The van der Waals surface area contributed by atoms with Crippen LogP contribution in [0.15, 0.2) is 120 Å². The van der Waals surface area contributed by atoms with Gasteiger partial charge in [-0.25, -0.2) is 4.98 Å². The Morgan fingerprint density at radius 2 is 1.35 bits per heavy atom. The van der Waals surface area contributed by atoms with Crippen molar-refractivity contribution < 1.29 is 4.42 Å². The van der Waals surface area contributed by atoms with Gasteiger partial charge in [0.15, 0.2) is 11.6 Å². The molecule has 3 aromatic heterocycles. The molecule has 12 rings (SSSR count).